The van der Waals surface area contributed by atoms with Gasteiger partial charge in [0, 0.05) is 22.9 Å². The van der Waals surface area contributed by atoms with Crippen molar-refractivity contribution in [1.82, 2.24) is 5.32 Å². The van der Waals surface area contributed by atoms with Crippen LogP contribution in [-0.2, 0) is 15.9 Å². The van der Waals surface area contributed by atoms with Crippen molar-refractivity contribution in [2.45, 2.75) is 18.4 Å². The van der Waals surface area contributed by atoms with Gasteiger partial charge < -0.3 is 14.8 Å². The highest BCUT2D eigenvalue weighted by Crippen LogP contribution is 2.26. The summed E-state index contributed by atoms with van der Waals surface area (Å²) in [6.45, 7) is 1.99. The Morgan fingerprint density at radius 3 is 2.46 bits per heavy atom. The van der Waals surface area contributed by atoms with Crippen molar-refractivity contribution >= 4 is 29.3 Å². The molecule has 0 spiro atoms. The van der Waals surface area contributed by atoms with Crippen molar-refractivity contribution in [2.24, 2.45) is 0 Å². The molecule has 2 aromatic carbocycles. The van der Waals surface area contributed by atoms with Gasteiger partial charge in [-0.1, -0.05) is 23.7 Å². The van der Waals surface area contributed by atoms with Gasteiger partial charge in [-0.2, -0.15) is 0 Å². The minimum atomic E-state index is -0.442. The summed E-state index contributed by atoms with van der Waals surface area (Å²) in [6.07, 6.45) is 1.06. The summed E-state index contributed by atoms with van der Waals surface area (Å²) in [7, 11) is 0. The van der Waals surface area contributed by atoms with Crippen LogP contribution in [0.2, 0.25) is 5.02 Å². The second-order valence-corrected chi connectivity index (χ2v) is 7.59. The van der Waals surface area contributed by atoms with Crippen molar-refractivity contribution in [3.63, 3.8) is 0 Å². The predicted molar refractivity (Wildman–Crippen MR) is 106 cm³/mol. The average Bonchev–Trinajstić information content (AvgIpc) is 3.33. The summed E-state index contributed by atoms with van der Waals surface area (Å²) < 4.78 is 10.5. The zero-order valence-corrected chi connectivity index (χ0v) is 16.1. The summed E-state index contributed by atoms with van der Waals surface area (Å²) in [6, 6.07) is 14.6. The lowest BCUT2D eigenvalue weighted by Gasteiger charge is -2.29. The fraction of sp³-hybridized carbons (Fsp3) is 0.333. The molecule has 2 heterocycles. The number of cyclic esters (lactones) is 1. The molecule has 0 aromatic heterocycles. The van der Waals surface area contributed by atoms with E-state index in [1.165, 1.54) is 0 Å². The Kier molecular flexibility index (Phi) is 5.24. The number of rotatable bonds is 5. The number of carbonyl (C=O) groups excluding carboxylic acids is 2. The Balaban J connectivity index is 1.47. The first-order valence-corrected chi connectivity index (χ1v) is 9.62. The lowest BCUT2D eigenvalue weighted by molar-refractivity contribution is 0.0877. The highest BCUT2D eigenvalue weighted by Gasteiger charge is 2.37. The van der Waals surface area contributed by atoms with Crippen LogP contribution in [0.25, 0.3) is 0 Å². The lowest BCUT2D eigenvalue weighted by Crippen LogP contribution is -2.50. The molecule has 2 amide bonds. The van der Waals surface area contributed by atoms with Crippen molar-refractivity contribution in [2.75, 3.05) is 31.3 Å². The van der Waals surface area contributed by atoms with Gasteiger partial charge in [-0.15, -0.1) is 0 Å². The molecule has 2 fully saturated rings. The lowest BCUT2D eigenvalue weighted by atomic mass is 9.89. The summed E-state index contributed by atoms with van der Waals surface area (Å²) >= 11 is 5.97. The van der Waals surface area contributed by atoms with Gasteiger partial charge in [0.15, 0.2) is 0 Å². The third-order valence-corrected chi connectivity index (χ3v) is 5.39. The molecule has 7 heteroatoms. The minimum absolute atomic E-state index is 0.157. The molecule has 4 rings (SSSR count). The van der Waals surface area contributed by atoms with E-state index in [1.807, 2.05) is 24.3 Å². The van der Waals surface area contributed by atoms with E-state index in [9.17, 15) is 9.59 Å². The van der Waals surface area contributed by atoms with E-state index in [1.54, 1.807) is 29.2 Å². The molecule has 0 aliphatic carbocycles. The topological polar surface area (TPSA) is 67.9 Å². The smallest absolute Gasteiger partial charge is 0.414 e. The Morgan fingerprint density at radius 2 is 1.86 bits per heavy atom. The van der Waals surface area contributed by atoms with Crippen LogP contribution in [0.1, 0.15) is 22.3 Å². The highest BCUT2D eigenvalue weighted by atomic mass is 35.5. The van der Waals surface area contributed by atoms with E-state index < -0.39 is 5.54 Å². The highest BCUT2D eigenvalue weighted by molar-refractivity contribution is 6.30. The van der Waals surface area contributed by atoms with Gasteiger partial charge in [-0.25, -0.2) is 4.79 Å². The first-order chi connectivity index (χ1) is 13.5. The third kappa shape index (κ3) is 3.98. The van der Waals surface area contributed by atoms with Crippen molar-refractivity contribution in [3.05, 3.63) is 64.7 Å². The van der Waals surface area contributed by atoms with Gasteiger partial charge in [-0.05, 0) is 54.8 Å². The Labute approximate surface area is 168 Å². The third-order valence-electron chi connectivity index (χ3n) is 5.14. The van der Waals surface area contributed by atoms with Gasteiger partial charge in [0.25, 0.3) is 5.91 Å². The Hall–Kier alpha value is -2.57. The van der Waals surface area contributed by atoms with Gasteiger partial charge in [0.1, 0.15) is 6.61 Å². The van der Waals surface area contributed by atoms with Crippen LogP contribution in [0.5, 0.6) is 0 Å². The van der Waals surface area contributed by atoms with Crippen LogP contribution in [0.4, 0.5) is 10.5 Å². The predicted octanol–water partition coefficient (Wildman–Crippen LogP) is 3.43. The molecule has 0 radical (unpaired) electrons. The molecular formula is C21H21ClN2O4. The molecule has 1 atom stereocenters. The fourth-order valence-corrected chi connectivity index (χ4v) is 3.74. The van der Waals surface area contributed by atoms with E-state index in [-0.39, 0.29) is 12.0 Å². The minimum Gasteiger partial charge on any atom is -0.447 e. The number of amides is 2. The second kappa shape index (κ2) is 7.81. The van der Waals surface area contributed by atoms with Crippen LogP contribution in [0.15, 0.2) is 48.5 Å². The summed E-state index contributed by atoms with van der Waals surface area (Å²) in [4.78, 5) is 26.1. The summed E-state index contributed by atoms with van der Waals surface area (Å²) in [5.41, 5.74) is 1.92. The van der Waals surface area contributed by atoms with Crippen molar-refractivity contribution in [1.29, 1.82) is 0 Å². The maximum absolute atomic E-state index is 12.9. The Bertz CT molecular complexity index is 861. The van der Waals surface area contributed by atoms with Crippen LogP contribution < -0.4 is 10.2 Å². The van der Waals surface area contributed by atoms with Gasteiger partial charge in [0.05, 0.1) is 18.7 Å². The van der Waals surface area contributed by atoms with E-state index in [0.717, 1.165) is 17.7 Å². The molecular weight excluding hydrogens is 380 g/mol. The summed E-state index contributed by atoms with van der Waals surface area (Å²) in [5, 5.41) is 3.85. The molecule has 6 nitrogen and oxygen atoms in total. The van der Waals surface area contributed by atoms with Crippen LogP contribution in [0, 0.1) is 0 Å². The zero-order valence-electron chi connectivity index (χ0n) is 15.3. The molecule has 2 aromatic rings. The Morgan fingerprint density at radius 1 is 1.11 bits per heavy atom. The van der Waals surface area contributed by atoms with Crippen LogP contribution >= 0.6 is 11.6 Å². The standard InChI is InChI=1S/C21H21ClN2O4/c22-17-5-1-15(2-6-17)13-21(9-11-27-14-21)23-19(25)16-3-7-18(8-4-16)24-10-12-28-20(24)26/h1-8H,9-14H2,(H,23,25)/t21-/m1/s1. The number of carbonyl (C=O) groups is 2. The first kappa shape index (κ1) is 18.8. The molecule has 146 valence electrons. The van der Waals surface area contributed by atoms with Crippen molar-refractivity contribution < 1.29 is 19.1 Å². The van der Waals surface area contributed by atoms with Gasteiger partial charge in [0.2, 0.25) is 0 Å². The van der Waals surface area contributed by atoms with Gasteiger partial charge >= 0.3 is 6.09 Å². The molecule has 0 unspecified atom stereocenters. The second-order valence-electron chi connectivity index (χ2n) is 7.15. The van der Waals surface area contributed by atoms with E-state index in [4.69, 9.17) is 21.1 Å². The van der Waals surface area contributed by atoms with Gasteiger partial charge in [-0.3, -0.25) is 9.69 Å². The van der Waals surface area contributed by atoms with Crippen LogP contribution in [0.3, 0.4) is 0 Å². The molecule has 2 aliphatic heterocycles. The van der Waals surface area contributed by atoms with Crippen molar-refractivity contribution in [3.8, 4) is 0 Å². The largest absolute Gasteiger partial charge is 0.447 e. The van der Waals surface area contributed by atoms with E-state index >= 15 is 0 Å². The normalized spacial score (nSPS) is 21.6. The number of benzene rings is 2. The quantitative estimate of drug-likeness (QED) is 0.834. The number of hydrogen-bond donors (Lipinski definition) is 1. The molecule has 1 N–H and O–H groups in total. The SMILES string of the molecule is O=C(N[C@@]1(Cc2ccc(Cl)cc2)CCOC1)c1ccc(N2CCOC2=O)cc1. The molecule has 0 saturated carbocycles. The number of nitrogens with zero attached hydrogens (tertiary/aromatic N) is 1. The van der Waals surface area contributed by atoms with Crippen LogP contribution in [-0.4, -0.2) is 43.9 Å². The monoisotopic (exact) mass is 400 g/mol. The molecule has 28 heavy (non-hydrogen) atoms. The number of anilines is 1. The van der Waals surface area contributed by atoms with E-state index in [2.05, 4.69) is 5.32 Å². The maximum atomic E-state index is 12.9. The number of hydrogen-bond acceptors (Lipinski definition) is 4. The number of nitrogens with one attached hydrogen (secondary N) is 1. The summed E-state index contributed by atoms with van der Waals surface area (Å²) in [5.74, 6) is -0.157. The molecule has 2 aliphatic rings. The zero-order chi connectivity index (χ0) is 19.6. The maximum Gasteiger partial charge on any atom is 0.414 e. The molecule has 2 saturated heterocycles. The fourth-order valence-electron chi connectivity index (χ4n) is 3.62. The number of ether oxygens (including phenoxy) is 2. The number of halogens is 1. The van der Waals surface area contributed by atoms with E-state index in [0.29, 0.717) is 43.4 Å². The first-order valence-electron chi connectivity index (χ1n) is 9.24. The molecule has 0 bridgehead atoms. The average molecular weight is 401 g/mol.